The average Bonchev–Trinajstić information content (AvgIpc) is 3.11. The van der Waals surface area contributed by atoms with Gasteiger partial charge in [-0.2, -0.15) is 0 Å². The summed E-state index contributed by atoms with van der Waals surface area (Å²) < 4.78 is 18.9. The number of halogens is 1. The van der Waals surface area contributed by atoms with Crippen molar-refractivity contribution >= 4 is 11.0 Å². The van der Waals surface area contributed by atoms with Crippen molar-refractivity contribution in [3.8, 4) is 0 Å². The lowest BCUT2D eigenvalue weighted by Gasteiger charge is -2.25. The van der Waals surface area contributed by atoms with Gasteiger partial charge in [-0.15, -0.1) is 0 Å². The second-order valence-electron chi connectivity index (χ2n) is 6.11. The average molecular weight is 260 g/mol. The molecule has 100 valence electrons. The Hall–Kier alpha value is -1.35. The zero-order chi connectivity index (χ0) is 13.0. The van der Waals surface area contributed by atoms with Crippen molar-refractivity contribution in [1.29, 1.82) is 0 Å². The van der Waals surface area contributed by atoms with Crippen molar-refractivity contribution in [3.63, 3.8) is 0 Å². The predicted molar refractivity (Wildman–Crippen MR) is 70.1 cm³/mol. The summed E-state index contributed by atoms with van der Waals surface area (Å²) in [5.41, 5.74) is 0.651. The normalized spacial score (nSPS) is 31.2. The molecule has 4 rings (SSSR count). The molecule has 3 heteroatoms. The fraction of sp³-hybridized carbons (Fsp3) is 0.500. The van der Waals surface area contributed by atoms with Crippen LogP contribution in [0.5, 0.6) is 0 Å². The predicted octanol–water partition coefficient (Wildman–Crippen LogP) is 4.04. The number of hydrogen-bond donors (Lipinski definition) is 1. The fourth-order valence-corrected chi connectivity index (χ4v) is 4.07. The monoisotopic (exact) mass is 260 g/mol. The third-order valence-corrected chi connectivity index (χ3v) is 4.99. The van der Waals surface area contributed by atoms with E-state index < -0.39 is 6.10 Å². The summed E-state index contributed by atoms with van der Waals surface area (Å²) in [7, 11) is 0. The SMILES string of the molecule is OC(c1cc2cc(F)ccc2o1)C1CC2CCC1C2. The summed E-state index contributed by atoms with van der Waals surface area (Å²) >= 11 is 0. The lowest BCUT2D eigenvalue weighted by molar-refractivity contribution is 0.0573. The maximum atomic E-state index is 13.2. The standard InChI is InChI=1S/C16H17FO2/c17-12-3-4-14-11(7-12)8-15(19-14)16(18)13-6-9-1-2-10(13)5-9/h3-4,7-10,13,16,18H,1-2,5-6H2. The van der Waals surface area contributed by atoms with Crippen LogP contribution in [0.15, 0.2) is 28.7 Å². The van der Waals surface area contributed by atoms with Crippen molar-refractivity contribution in [1.82, 2.24) is 0 Å². The van der Waals surface area contributed by atoms with Crippen LogP contribution in [0.1, 0.15) is 37.5 Å². The van der Waals surface area contributed by atoms with Crippen LogP contribution in [-0.2, 0) is 0 Å². The molecule has 0 amide bonds. The maximum absolute atomic E-state index is 13.2. The van der Waals surface area contributed by atoms with E-state index in [1.54, 1.807) is 12.1 Å². The molecule has 2 aromatic rings. The maximum Gasteiger partial charge on any atom is 0.134 e. The summed E-state index contributed by atoms with van der Waals surface area (Å²) in [6.07, 6.45) is 4.39. The minimum Gasteiger partial charge on any atom is -0.458 e. The fourth-order valence-electron chi connectivity index (χ4n) is 4.07. The molecule has 19 heavy (non-hydrogen) atoms. The molecule has 1 N–H and O–H groups in total. The molecule has 1 aromatic heterocycles. The number of hydrogen-bond acceptors (Lipinski definition) is 2. The lowest BCUT2D eigenvalue weighted by atomic mass is 9.84. The second kappa shape index (κ2) is 4.07. The van der Waals surface area contributed by atoms with E-state index in [4.69, 9.17) is 4.42 Å². The van der Waals surface area contributed by atoms with Gasteiger partial charge in [-0.3, -0.25) is 0 Å². The number of rotatable bonds is 2. The molecule has 0 saturated heterocycles. The van der Waals surface area contributed by atoms with Crippen LogP contribution in [-0.4, -0.2) is 5.11 Å². The van der Waals surface area contributed by atoms with Crippen LogP contribution in [0, 0.1) is 23.6 Å². The Morgan fingerprint density at radius 1 is 1.21 bits per heavy atom. The Morgan fingerprint density at radius 2 is 2.11 bits per heavy atom. The first-order chi connectivity index (χ1) is 9.20. The molecule has 0 radical (unpaired) electrons. The molecule has 4 unspecified atom stereocenters. The van der Waals surface area contributed by atoms with Crippen molar-refractivity contribution in [3.05, 3.63) is 35.8 Å². The number of fused-ring (bicyclic) bond motifs is 3. The summed E-state index contributed by atoms with van der Waals surface area (Å²) in [5.74, 6) is 2.09. The van der Waals surface area contributed by atoms with Crippen LogP contribution in [0.4, 0.5) is 4.39 Å². The van der Waals surface area contributed by atoms with Gasteiger partial charge in [-0.25, -0.2) is 4.39 Å². The first kappa shape index (κ1) is 11.5. The van der Waals surface area contributed by atoms with E-state index in [9.17, 15) is 9.50 Å². The molecule has 0 spiro atoms. The highest BCUT2D eigenvalue weighted by Crippen LogP contribution is 2.52. The number of benzene rings is 1. The Labute approximate surface area is 111 Å². The molecule has 4 atom stereocenters. The largest absolute Gasteiger partial charge is 0.458 e. The van der Waals surface area contributed by atoms with Gasteiger partial charge in [0.05, 0.1) is 0 Å². The zero-order valence-electron chi connectivity index (χ0n) is 10.7. The third-order valence-electron chi connectivity index (χ3n) is 4.99. The highest BCUT2D eigenvalue weighted by Gasteiger charge is 2.43. The Morgan fingerprint density at radius 3 is 2.84 bits per heavy atom. The molecule has 2 aliphatic carbocycles. The Kier molecular flexibility index (Phi) is 2.46. The van der Waals surface area contributed by atoms with Crippen LogP contribution in [0.25, 0.3) is 11.0 Å². The van der Waals surface area contributed by atoms with Crippen molar-refractivity contribution in [2.45, 2.75) is 31.8 Å². The topological polar surface area (TPSA) is 33.4 Å². The summed E-state index contributed by atoms with van der Waals surface area (Å²) in [6.45, 7) is 0. The van der Waals surface area contributed by atoms with E-state index in [0.29, 0.717) is 23.2 Å². The molecular weight excluding hydrogens is 243 g/mol. The number of furan rings is 1. The quantitative estimate of drug-likeness (QED) is 0.884. The van der Waals surface area contributed by atoms with Gasteiger partial charge >= 0.3 is 0 Å². The van der Waals surface area contributed by atoms with E-state index in [2.05, 4.69) is 0 Å². The van der Waals surface area contributed by atoms with Gasteiger partial charge in [0.15, 0.2) is 0 Å². The van der Waals surface area contributed by atoms with Gasteiger partial charge in [-0.05, 0) is 61.3 Å². The second-order valence-corrected chi connectivity index (χ2v) is 6.11. The summed E-state index contributed by atoms with van der Waals surface area (Å²) in [5, 5.41) is 11.3. The molecule has 1 aromatic carbocycles. The number of aliphatic hydroxyl groups excluding tert-OH is 1. The number of aliphatic hydroxyl groups is 1. The van der Waals surface area contributed by atoms with Crippen molar-refractivity contribution in [2.24, 2.45) is 17.8 Å². The minimum absolute atomic E-state index is 0.269. The van der Waals surface area contributed by atoms with Gasteiger partial charge in [0, 0.05) is 5.39 Å². The van der Waals surface area contributed by atoms with Gasteiger partial charge in [0.1, 0.15) is 23.3 Å². The molecular formula is C16H17FO2. The van der Waals surface area contributed by atoms with E-state index in [-0.39, 0.29) is 5.82 Å². The van der Waals surface area contributed by atoms with Gasteiger partial charge < -0.3 is 9.52 Å². The molecule has 1 heterocycles. The van der Waals surface area contributed by atoms with Crippen LogP contribution in [0.2, 0.25) is 0 Å². The van der Waals surface area contributed by atoms with E-state index in [0.717, 1.165) is 17.7 Å². The first-order valence-electron chi connectivity index (χ1n) is 7.08. The van der Waals surface area contributed by atoms with E-state index in [1.807, 2.05) is 0 Å². The first-order valence-corrected chi connectivity index (χ1v) is 7.08. The van der Waals surface area contributed by atoms with Crippen LogP contribution < -0.4 is 0 Å². The molecule has 2 nitrogen and oxygen atoms in total. The molecule has 0 aliphatic heterocycles. The lowest BCUT2D eigenvalue weighted by Crippen LogP contribution is -2.18. The van der Waals surface area contributed by atoms with Crippen molar-refractivity contribution < 1.29 is 13.9 Å². The van der Waals surface area contributed by atoms with Crippen molar-refractivity contribution in [2.75, 3.05) is 0 Å². The van der Waals surface area contributed by atoms with Crippen LogP contribution in [0.3, 0.4) is 0 Å². The van der Waals surface area contributed by atoms with Gasteiger partial charge in [0.25, 0.3) is 0 Å². The van der Waals surface area contributed by atoms with E-state index in [1.165, 1.54) is 31.4 Å². The smallest absolute Gasteiger partial charge is 0.134 e. The molecule has 2 saturated carbocycles. The Balaban J connectivity index is 1.66. The molecule has 2 fully saturated rings. The summed E-state index contributed by atoms with van der Waals surface area (Å²) in [4.78, 5) is 0. The Bertz CT molecular complexity index is 618. The summed E-state index contributed by atoms with van der Waals surface area (Å²) in [6, 6.07) is 6.26. The molecule has 2 aliphatic rings. The highest BCUT2D eigenvalue weighted by molar-refractivity contribution is 5.77. The van der Waals surface area contributed by atoms with Gasteiger partial charge in [-0.1, -0.05) is 6.42 Å². The molecule has 2 bridgehead atoms. The van der Waals surface area contributed by atoms with E-state index >= 15 is 0 Å². The van der Waals surface area contributed by atoms with Crippen LogP contribution >= 0.6 is 0 Å². The highest BCUT2D eigenvalue weighted by atomic mass is 19.1. The third kappa shape index (κ3) is 1.79. The minimum atomic E-state index is -0.536. The van der Waals surface area contributed by atoms with Gasteiger partial charge in [0.2, 0.25) is 0 Å². The zero-order valence-corrected chi connectivity index (χ0v) is 10.7.